The molecular weight excluding hydrogens is 318 g/mol. The molecule has 0 unspecified atom stereocenters. The van der Waals surface area contributed by atoms with E-state index in [-0.39, 0.29) is 31.8 Å². The van der Waals surface area contributed by atoms with Crippen molar-refractivity contribution >= 4 is 21.6 Å². The van der Waals surface area contributed by atoms with Gasteiger partial charge in [0, 0.05) is 32.7 Å². The lowest BCUT2D eigenvalue weighted by Gasteiger charge is -2.19. The van der Waals surface area contributed by atoms with E-state index < -0.39 is 27.6 Å². The molecule has 1 N–H and O–H groups in total. The number of ether oxygens (including phenoxy) is 1. The fraction of sp³-hybridized carbons (Fsp3) is 0.462. The summed E-state index contributed by atoms with van der Waals surface area (Å²) < 4.78 is 55.1. The predicted molar refractivity (Wildman–Crippen MR) is 77.9 cm³/mol. The van der Waals surface area contributed by atoms with Crippen LogP contribution in [0.15, 0.2) is 18.2 Å². The summed E-state index contributed by atoms with van der Waals surface area (Å²) >= 11 is 0. The van der Waals surface area contributed by atoms with Crippen molar-refractivity contribution in [1.29, 1.82) is 0 Å². The molecule has 1 rings (SSSR count). The molecule has 0 saturated heterocycles. The maximum absolute atomic E-state index is 13.4. The summed E-state index contributed by atoms with van der Waals surface area (Å²) in [5.41, 5.74) is -0.158. The Morgan fingerprint density at radius 3 is 2.55 bits per heavy atom. The van der Waals surface area contributed by atoms with Crippen molar-refractivity contribution in [3.63, 3.8) is 0 Å². The van der Waals surface area contributed by atoms with E-state index >= 15 is 0 Å². The molecule has 0 bridgehead atoms. The molecule has 1 aromatic carbocycles. The lowest BCUT2D eigenvalue weighted by Crippen LogP contribution is -2.35. The summed E-state index contributed by atoms with van der Waals surface area (Å²) in [6.45, 7) is 0.256. The highest BCUT2D eigenvalue weighted by molar-refractivity contribution is 7.88. The van der Waals surface area contributed by atoms with Gasteiger partial charge in [-0.3, -0.25) is 4.79 Å². The molecule has 0 fully saturated rings. The van der Waals surface area contributed by atoms with Crippen molar-refractivity contribution in [3.8, 4) is 0 Å². The normalized spacial score (nSPS) is 11.7. The third kappa shape index (κ3) is 6.04. The van der Waals surface area contributed by atoms with E-state index in [0.29, 0.717) is 6.07 Å². The molecule has 1 amide bonds. The van der Waals surface area contributed by atoms with Gasteiger partial charge in [-0.1, -0.05) is 0 Å². The van der Waals surface area contributed by atoms with Gasteiger partial charge in [0.2, 0.25) is 15.9 Å². The molecule has 0 radical (unpaired) electrons. The SMILES string of the molecule is COCCN(CCC(=O)Nc1ccc(F)cc1F)S(C)(=O)=O. The molecule has 0 saturated carbocycles. The van der Waals surface area contributed by atoms with Crippen molar-refractivity contribution in [2.24, 2.45) is 0 Å². The lowest BCUT2D eigenvalue weighted by molar-refractivity contribution is -0.116. The fourth-order valence-corrected chi connectivity index (χ4v) is 2.50. The Bertz CT molecular complexity index is 622. The van der Waals surface area contributed by atoms with E-state index in [0.717, 1.165) is 22.7 Å². The van der Waals surface area contributed by atoms with Crippen LogP contribution in [0.4, 0.5) is 14.5 Å². The zero-order valence-corrected chi connectivity index (χ0v) is 13.1. The van der Waals surface area contributed by atoms with Crippen LogP contribution >= 0.6 is 0 Å². The number of rotatable bonds is 8. The Morgan fingerprint density at radius 1 is 1.32 bits per heavy atom. The maximum Gasteiger partial charge on any atom is 0.225 e. The van der Waals surface area contributed by atoms with Crippen molar-refractivity contribution in [1.82, 2.24) is 4.31 Å². The molecule has 124 valence electrons. The van der Waals surface area contributed by atoms with Gasteiger partial charge in [0.25, 0.3) is 0 Å². The summed E-state index contributed by atoms with van der Waals surface area (Å²) in [5, 5.41) is 2.27. The highest BCUT2D eigenvalue weighted by Crippen LogP contribution is 2.15. The van der Waals surface area contributed by atoms with Crippen molar-refractivity contribution in [3.05, 3.63) is 29.8 Å². The lowest BCUT2D eigenvalue weighted by atomic mass is 10.3. The van der Waals surface area contributed by atoms with E-state index in [1.54, 1.807) is 0 Å². The van der Waals surface area contributed by atoms with Crippen molar-refractivity contribution in [2.75, 3.05) is 38.4 Å². The van der Waals surface area contributed by atoms with Gasteiger partial charge in [0.15, 0.2) is 0 Å². The molecule has 1 aromatic rings. The zero-order valence-electron chi connectivity index (χ0n) is 12.3. The summed E-state index contributed by atoms with van der Waals surface area (Å²) in [6.07, 6.45) is 0.869. The highest BCUT2D eigenvalue weighted by atomic mass is 32.2. The first-order valence-corrected chi connectivity index (χ1v) is 8.28. The standard InChI is InChI=1S/C13H18F2N2O4S/c1-21-8-7-17(22(2,19)20)6-5-13(18)16-12-4-3-10(14)9-11(12)15/h3-4,9H,5-8H2,1-2H3,(H,16,18). The van der Waals surface area contributed by atoms with Gasteiger partial charge in [-0.05, 0) is 12.1 Å². The number of amides is 1. The topological polar surface area (TPSA) is 75.7 Å². The van der Waals surface area contributed by atoms with Crippen LogP contribution < -0.4 is 5.32 Å². The van der Waals surface area contributed by atoms with E-state index in [1.807, 2.05) is 0 Å². The van der Waals surface area contributed by atoms with Crippen molar-refractivity contribution < 1.29 is 26.7 Å². The van der Waals surface area contributed by atoms with Gasteiger partial charge in [0.1, 0.15) is 11.6 Å². The van der Waals surface area contributed by atoms with Crippen LogP contribution in [-0.2, 0) is 19.6 Å². The Hall–Kier alpha value is -1.58. The zero-order chi connectivity index (χ0) is 16.8. The number of anilines is 1. The summed E-state index contributed by atoms with van der Waals surface area (Å²) in [7, 11) is -2.03. The van der Waals surface area contributed by atoms with E-state index in [4.69, 9.17) is 4.74 Å². The average Bonchev–Trinajstić information content (AvgIpc) is 2.40. The summed E-state index contributed by atoms with van der Waals surface area (Å²) in [6, 6.07) is 2.76. The Labute approximate surface area is 128 Å². The average molecular weight is 336 g/mol. The largest absolute Gasteiger partial charge is 0.383 e. The summed E-state index contributed by atoms with van der Waals surface area (Å²) in [5.74, 6) is -2.22. The number of hydrogen-bond acceptors (Lipinski definition) is 4. The number of benzene rings is 1. The summed E-state index contributed by atoms with van der Waals surface area (Å²) in [4.78, 5) is 11.7. The fourth-order valence-electron chi connectivity index (χ4n) is 1.67. The van der Waals surface area contributed by atoms with Crippen LogP contribution in [0.25, 0.3) is 0 Å². The number of sulfonamides is 1. The molecule has 0 spiro atoms. The Morgan fingerprint density at radius 2 is 2.00 bits per heavy atom. The molecule has 0 aliphatic rings. The number of carbonyl (C=O) groups excluding carboxylic acids is 1. The first-order chi connectivity index (χ1) is 10.2. The van der Waals surface area contributed by atoms with Crippen LogP contribution in [0.3, 0.4) is 0 Å². The van der Waals surface area contributed by atoms with Gasteiger partial charge in [-0.2, -0.15) is 4.31 Å². The maximum atomic E-state index is 13.4. The van der Waals surface area contributed by atoms with Crippen LogP contribution in [-0.4, -0.2) is 51.7 Å². The number of hydrogen-bond donors (Lipinski definition) is 1. The van der Waals surface area contributed by atoms with Gasteiger partial charge < -0.3 is 10.1 Å². The van der Waals surface area contributed by atoms with Crippen LogP contribution in [0.2, 0.25) is 0 Å². The first kappa shape index (κ1) is 18.5. The second kappa shape index (κ2) is 8.16. The van der Waals surface area contributed by atoms with Gasteiger partial charge in [-0.15, -0.1) is 0 Å². The molecule has 0 atom stereocenters. The van der Waals surface area contributed by atoms with E-state index in [9.17, 15) is 22.0 Å². The first-order valence-electron chi connectivity index (χ1n) is 6.43. The minimum atomic E-state index is -3.47. The van der Waals surface area contributed by atoms with E-state index in [1.165, 1.54) is 7.11 Å². The number of nitrogens with zero attached hydrogens (tertiary/aromatic N) is 1. The quantitative estimate of drug-likeness (QED) is 0.774. The third-order valence-electron chi connectivity index (χ3n) is 2.81. The van der Waals surface area contributed by atoms with Crippen LogP contribution in [0.5, 0.6) is 0 Å². The molecular formula is C13H18F2N2O4S. The third-order valence-corrected chi connectivity index (χ3v) is 4.11. The van der Waals surface area contributed by atoms with Crippen molar-refractivity contribution in [2.45, 2.75) is 6.42 Å². The smallest absolute Gasteiger partial charge is 0.225 e. The molecule has 0 aliphatic heterocycles. The van der Waals surface area contributed by atoms with Gasteiger partial charge in [0.05, 0.1) is 18.6 Å². The van der Waals surface area contributed by atoms with Crippen LogP contribution in [0.1, 0.15) is 6.42 Å². The molecule has 0 aromatic heterocycles. The minimum absolute atomic E-state index is 0.0587. The monoisotopic (exact) mass is 336 g/mol. The van der Waals surface area contributed by atoms with E-state index in [2.05, 4.69) is 5.32 Å². The molecule has 0 aliphatic carbocycles. The van der Waals surface area contributed by atoms with Gasteiger partial charge in [-0.25, -0.2) is 17.2 Å². The highest BCUT2D eigenvalue weighted by Gasteiger charge is 2.18. The van der Waals surface area contributed by atoms with Crippen LogP contribution in [0, 0.1) is 11.6 Å². The molecule has 0 heterocycles. The Balaban J connectivity index is 2.60. The molecule has 6 nitrogen and oxygen atoms in total. The number of carbonyl (C=O) groups is 1. The number of methoxy groups -OCH3 is 1. The second-order valence-corrected chi connectivity index (χ2v) is 6.56. The number of nitrogens with one attached hydrogen (secondary N) is 1. The Kier molecular flexibility index (Phi) is 6.85. The molecule has 9 heteroatoms. The predicted octanol–water partition coefficient (Wildman–Crippen LogP) is 1.20. The second-order valence-electron chi connectivity index (χ2n) is 4.58. The number of halogens is 2. The molecule has 22 heavy (non-hydrogen) atoms. The van der Waals surface area contributed by atoms with Gasteiger partial charge >= 0.3 is 0 Å². The minimum Gasteiger partial charge on any atom is -0.383 e.